The zero-order valence-corrected chi connectivity index (χ0v) is 53.8. The van der Waals surface area contributed by atoms with Gasteiger partial charge >= 0.3 is 41.9 Å². The van der Waals surface area contributed by atoms with Gasteiger partial charge in [-0.1, -0.05) is 0 Å². The standard InChI is InChI=1S/C12H13IN2O4S.C9H8N2O3S.C7H5IN2O2S.C7H7NO4S.C7H9NO2S.C6H6O2S/c1-12(2,3)19-11(17)15-6-5-7(10(16)18-4)20-8(6)9(13)14-15;1-5(12)11-6-3-7(9(13)14-2)15-8(6)4-10-11;1-12-7(11)4-2-3-5(13-4)6(8)10-9-3;1-4-5(8(10)11)3-6(13-4)7(9)12-2;1-4-5(8)3-6(11-4)7(9)10-2;1-4-2-3-5(9-4)6(7)8/h5H,1-4H3;3-4H,1-2H3;2H,1H3,(H,9,10);3H,1-2H3;3H,8H2,1-2H3;2-3H,1H3,(H,7,8). The van der Waals surface area contributed by atoms with Gasteiger partial charge in [0.25, 0.3) is 5.69 Å². The van der Waals surface area contributed by atoms with Crippen molar-refractivity contribution in [3.8, 4) is 0 Å². The molecule has 0 saturated carbocycles. The highest BCUT2D eigenvalue weighted by Crippen LogP contribution is 2.32. The van der Waals surface area contributed by atoms with E-state index >= 15 is 0 Å². The predicted molar refractivity (Wildman–Crippen MR) is 324 cm³/mol. The molecule has 9 aromatic rings. The number of aromatic carboxylic acids is 1. The Bertz CT molecular complexity index is 3750. The molecule has 0 spiro atoms. The van der Waals surface area contributed by atoms with E-state index in [1.165, 1.54) is 115 Å². The molecule has 0 fully saturated rings. The number of aromatic nitrogens is 6. The molecular weight excluding hydrogens is 1410 g/mol. The van der Waals surface area contributed by atoms with Crippen molar-refractivity contribution in [2.24, 2.45) is 0 Å². The van der Waals surface area contributed by atoms with Crippen molar-refractivity contribution >= 4 is 203 Å². The molecule has 0 radical (unpaired) electrons. The van der Waals surface area contributed by atoms with Crippen LogP contribution in [0.5, 0.6) is 0 Å². The monoisotopic (exact) mass is 1450 g/mol. The van der Waals surface area contributed by atoms with E-state index in [0.717, 1.165) is 44.4 Å². The molecule has 0 aromatic carbocycles. The van der Waals surface area contributed by atoms with E-state index < -0.39 is 40.5 Å². The van der Waals surface area contributed by atoms with Crippen molar-refractivity contribution < 1.29 is 76.8 Å². The molecule has 432 valence electrons. The molecule has 0 aliphatic rings. The highest BCUT2D eigenvalue weighted by Gasteiger charge is 2.25. The number of hydrogen-bond donors (Lipinski definition) is 3. The Morgan fingerprint density at radius 1 is 0.667 bits per heavy atom. The van der Waals surface area contributed by atoms with Crippen molar-refractivity contribution in [2.75, 3.05) is 41.3 Å². The Hall–Kier alpha value is -6.77. The number of rotatable bonds is 7. The molecule has 0 bridgehead atoms. The van der Waals surface area contributed by atoms with Gasteiger partial charge in [-0.2, -0.15) is 24.7 Å². The van der Waals surface area contributed by atoms with Crippen LogP contribution in [0.4, 0.5) is 16.2 Å². The lowest BCUT2D eigenvalue weighted by atomic mass is 10.2. The highest BCUT2D eigenvalue weighted by atomic mass is 127. The Morgan fingerprint density at radius 2 is 1.16 bits per heavy atom. The van der Waals surface area contributed by atoms with Crippen LogP contribution in [0.25, 0.3) is 30.6 Å². The van der Waals surface area contributed by atoms with Gasteiger partial charge in [0.1, 0.15) is 47.8 Å². The van der Waals surface area contributed by atoms with Gasteiger partial charge in [0.05, 0.1) is 76.7 Å². The molecule has 0 atom stereocenters. The maximum absolute atomic E-state index is 12.1. The first-order valence-corrected chi connectivity index (χ1v) is 29.4. The Labute approximate surface area is 510 Å². The largest absolute Gasteiger partial charge is 0.477 e. The number of nitro groups is 1. The number of carbonyl (C=O) groups excluding carboxylic acids is 7. The van der Waals surface area contributed by atoms with Crippen LogP contribution in [-0.2, 0) is 28.4 Å². The van der Waals surface area contributed by atoms with Gasteiger partial charge in [0.2, 0.25) is 5.91 Å². The molecule has 0 aliphatic heterocycles. The van der Waals surface area contributed by atoms with Gasteiger partial charge < -0.3 is 39.3 Å². The van der Waals surface area contributed by atoms with E-state index in [1.54, 1.807) is 70.3 Å². The summed E-state index contributed by atoms with van der Waals surface area (Å²) in [7, 11) is 6.61. The Kier molecular flexibility index (Phi) is 24.6. The van der Waals surface area contributed by atoms with Gasteiger partial charge in [0.15, 0.2) is 0 Å². The molecule has 25 nitrogen and oxygen atoms in total. The fourth-order valence-corrected chi connectivity index (χ4v) is 12.7. The number of hydrogen-bond acceptors (Lipinski definition) is 26. The number of carbonyl (C=O) groups is 8. The molecule has 4 N–H and O–H groups in total. The number of aromatic amines is 1. The van der Waals surface area contributed by atoms with Crippen LogP contribution in [0.1, 0.15) is 105 Å². The number of nitrogen functional groups attached to an aromatic ring is 1. The smallest absolute Gasteiger partial charge is 0.435 e. The lowest BCUT2D eigenvalue weighted by molar-refractivity contribution is -0.385. The molecule has 0 saturated heterocycles. The summed E-state index contributed by atoms with van der Waals surface area (Å²) < 4.78 is 34.7. The second-order valence-electron chi connectivity index (χ2n) is 16.4. The second kappa shape index (κ2) is 29.8. The van der Waals surface area contributed by atoms with Crippen molar-refractivity contribution in [2.45, 2.75) is 54.1 Å². The molecule has 81 heavy (non-hydrogen) atoms. The zero-order valence-electron chi connectivity index (χ0n) is 44.6. The summed E-state index contributed by atoms with van der Waals surface area (Å²) in [4.78, 5) is 104. The van der Waals surface area contributed by atoms with Gasteiger partial charge in [-0.3, -0.25) is 20.0 Å². The maximum atomic E-state index is 12.1. The van der Waals surface area contributed by atoms with Gasteiger partial charge in [-0.25, -0.2) is 33.6 Å². The van der Waals surface area contributed by atoms with Crippen LogP contribution in [0.15, 0.2) is 48.7 Å². The van der Waals surface area contributed by atoms with Crippen LogP contribution in [-0.4, -0.2) is 129 Å². The number of H-pyrrole nitrogens is 1. The number of nitrogens with one attached hydrogen (secondary N) is 1. The number of carboxylic acid groups (broad SMARTS) is 1. The first-order chi connectivity index (χ1) is 38.0. The molecule has 0 aliphatic carbocycles. The van der Waals surface area contributed by atoms with Crippen LogP contribution in [0.2, 0.25) is 0 Å². The highest BCUT2D eigenvalue weighted by molar-refractivity contribution is 14.1. The number of ether oxygens (including phenoxy) is 6. The van der Waals surface area contributed by atoms with Crippen molar-refractivity contribution in [3.05, 3.63) is 110 Å². The fourth-order valence-electron chi connectivity index (χ4n) is 5.88. The Morgan fingerprint density at radius 3 is 1.59 bits per heavy atom. The van der Waals surface area contributed by atoms with E-state index in [0.29, 0.717) is 49.7 Å². The number of carboxylic acids is 1. The summed E-state index contributed by atoms with van der Waals surface area (Å²) in [6.45, 7) is 12.1. The third-order valence-electron chi connectivity index (χ3n) is 9.55. The number of esters is 5. The minimum Gasteiger partial charge on any atom is -0.477 e. The van der Waals surface area contributed by atoms with E-state index in [2.05, 4.69) is 66.7 Å². The second-order valence-corrected chi connectivity index (χ2v) is 25.5. The summed E-state index contributed by atoms with van der Waals surface area (Å²) >= 11 is 11.7. The van der Waals surface area contributed by atoms with Crippen LogP contribution >= 0.6 is 113 Å². The van der Waals surface area contributed by atoms with Crippen molar-refractivity contribution in [1.82, 2.24) is 29.8 Å². The molecule has 33 heteroatoms. The quantitative estimate of drug-likeness (QED) is 0.0439. The van der Waals surface area contributed by atoms with Crippen molar-refractivity contribution in [3.63, 3.8) is 0 Å². The lowest BCUT2D eigenvalue weighted by Gasteiger charge is -2.18. The number of nitrogens with zero attached hydrogens (tertiary/aromatic N) is 6. The van der Waals surface area contributed by atoms with Gasteiger partial charge in [-0.05, 0) is 123 Å². The number of anilines is 1. The average molecular weight is 1460 g/mol. The maximum Gasteiger partial charge on any atom is 0.435 e. The van der Waals surface area contributed by atoms with E-state index in [9.17, 15) is 48.5 Å². The fraction of sp³-hybridized carbons (Fsp3) is 0.271. The molecule has 9 rings (SSSR count). The third kappa shape index (κ3) is 18.1. The summed E-state index contributed by atoms with van der Waals surface area (Å²) in [6, 6.07) is 11.2. The zero-order chi connectivity index (χ0) is 60.8. The SMILES string of the molecule is COC(=O)c1cc(N)c(C)s1.COC(=O)c1cc([N+](=O)[O-])c(C)s1.COC(=O)c1cc2c(cnn2C(C)=O)s1.COC(=O)c1cc2c(s1)c(I)nn2C(=O)OC(C)(C)C.COC(=O)c1cc2n[nH]c(I)c2s1.Cc1ccc(C(=O)O)s1. The summed E-state index contributed by atoms with van der Waals surface area (Å²) in [5.74, 6) is -3.02. The average Bonchev–Trinajstić information content (AvgIpc) is 4.31. The predicted octanol–water partition coefficient (Wildman–Crippen LogP) is 11.8. The van der Waals surface area contributed by atoms with E-state index in [1.807, 2.05) is 36.4 Å². The van der Waals surface area contributed by atoms with E-state index in [4.69, 9.17) is 15.6 Å². The third-order valence-corrected chi connectivity index (χ3v) is 18.1. The number of thiophene rings is 6. The topological polar surface area (TPSA) is 346 Å². The van der Waals surface area contributed by atoms with Crippen LogP contribution in [0.3, 0.4) is 0 Å². The minimum atomic E-state index is -0.840. The first-order valence-electron chi connectivity index (χ1n) is 22.3. The number of methoxy groups -OCH3 is 5. The van der Waals surface area contributed by atoms with E-state index in [-0.39, 0.29) is 28.4 Å². The van der Waals surface area contributed by atoms with Gasteiger partial charge in [0, 0.05) is 28.4 Å². The molecule has 9 aromatic heterocycles. The normalized spacial score (nSPS) is 10.4. The first kappa shape index (κ1) is 66.7. The summed E-state index contributed by atoms with van der Waals surface area (Å²) in [5, 5.41) is 33.7. The lowest BCUT2D eigenvalue weighted by Crippen LogP contribution is -2.27. The minimum absolute atomic E-state index is 0.0367. The number of nitrogens with two attached hydrogens (primary N) is 1. The summed E-state index contributed by atoms with van der Waals surface area (Å²) in [5.41, 5.74) is 7.55. The molecule has 9 heterocycles. The van der Waals surface area contributed by atoms with Crippen LogP contribution < -0.4 is 5.73 Å². The Balaban J connectivity index is 0.000000213. The van der Waals surface area contributed by atoms with Crippen molar-refractivity contribution in [1.29, 1.82) is 0 Å². The molecule has 0 amide bonds. The molecular formula is C48H48I2N8O17S6. The number of aryl methyl sites for hydroxylation is 3. The number of fused-ring (bicyclic) bond motifs is 3. The summed E-state index contributed by atoms with van der Waals surface area (Å²) in [6.07, 6.45) is 0.994. The molecule has 0 unspecified atom stereocenters. The number of halogens is 2. The van der Waals surface area contributed by atoms with Gasteiger partial charge in [-0.15, -0.1) is 68.0 Å². The van der Waals surface area contributed by atoms with Crippen LogP contribution in [0, 0.1) is 38.3 Å².